The predicted octanol–water partition coefficient (Wildman–Crippen LogP) is 4.05. The summed E-state index contributed by atoms with van der Waals surface area (Å²) in [5.74, 6) is 0.306. The predicted molar refractivity (Wildman–Crippen MR) is 160 cm³/mol. The van der Waals surface area contributed by atoms with Crippen LogP contribution >= 0.6 is 11.3 Å². The summed E-state index contributed by atoms with van der Waals surface area (Å²) in [5.41, 5.74) is 4.86. The fraction of sp³-hybridized carbons (Fsp3) is 0.156. The van der Waals surface area contributed by atoms with E-state index < -0.39 is 12.0 Å². The molecule has 0 aliphatic carbocycles. The number of rotatable bonds is 7. The van der Waals surface area contributed by atoms with Gasteiger partial charge in [-0.1, -0.05) is 59.0 Å². The van der Waals surface area contributed by atoms with Crippen molar-refractivity contribution in [2.45, 2.75) is 19.9 Å². The van der Waals surface area contributed by atoms with Crippen LogP contribution in [0.4, 0.5) is 0 Å². The van der Waals surface area contributed by atoms with Crippen molar-refractivity contribution in [3.63, 3.8) is 0 Å². The Balaban J connectivity index is 1.34. The number of esters is 1. The molecule has 6 rings (SSSR count). The Morgan fingerprint density at radius 2 is 1.76 bits per heavy atom. The molecule has 0 saturated carbocycles. The van der Waals surface area contributed by atoms with Crippen molar-refractivity contribution in [1.29, 1.82) is 0 Å². The minimum absolute atomic E-state index is 0.216. The van der Waals surface area contributed by atoms with Crippen molar-refractivity contribution in [3.8, 4) is 22.7 Å². The molecule has 210 valence electrons. The molecular weight excluding hydrogens is 550 g/mol. The Bertz CT molecular complexity index is 1970. The minimum atomic E-state index is -0.627. The number of carbonyl (C=O) groups excluding carboxylic acids is 1. The van der Waals surface area contributed by atoms with Gasteiger partial charge < -0.3 is 9.47 Å². The molecule has 0 fully saturated rings. The van der Waals surface area contributed by atoms with Crippen molar-refractivity contribution in [1.82, 2.24) is 19.6 Å². The number of allylic oxidation sites excluding steroid dienone is 1. The molecule has 9 nitrogen and oxygen atoms in total. The molecule has 5 aromatic rings. The first-order valence-electron chi connectivity index (χ1n) is 13.4. The lowest BCUT2D eigenvalue weighted by molar-refractivity contribution is -0.139. The van der Waals surface area contributed by atoms with E-state index in [1.54, 1.807) is 30.2 Å². The van der Waals surface area contributed by atoms with Gasteiger partial charge in [0.15, 0.2) is 4.80 Å². The summed E-state index contributed by atoms with van der Waals surface area (Å²) in [6, 6.07) is 24.2. The Labute approximate surface area is 245 Å². The van der Waals surface area contributed by atoms with Gasteiger partial charge in [0.1, 0.15) is 11.4 Å². The zero-order valence-electron chi connectivity index (χ0n) is 23.2. The maximum Gasteiger partial charge on any atom is 0.338 e. The lowest BCUT2D eigenvalue weighted by atomic mass is 9.96. The van der Waals surface area contributed by atoms with Crippen LogP contribution in [0.25, 0.3) is 23.0 Å². The van der Waals surface area contributed by atoms with Gasteiger partial charge in [-0.2, -0.15) is 0 Å². The molecule has 1 aliphatic heterocycles. The van der Waals surface area contributed by atoms with Gasteiger partial charge in [-0.3, -0.25) is 9.36 Å². The van der Waals surface area contributed by atoms with E-state index in [-0.39, 0.29) is 12.2 Å². The third-order valence-electron chi connectivity index (χ3n) is 6.97. The van der Waals surface area contributed by atoms with Gasteiger partial charge in [-0.25, -0.2) is 14.5 Å². The number of hydrogen-bond donors (Lipinski definition) is 0. The topological polar surface area (TPSA) is 101 Å². The van der Waals surface area contributed by atoms with Crippen molar-refractivity contribution >= 4 is 23.4 Å². The summed E-state index contributed by atoms with van der Waals surface area (Å²) in [4.78, 5) is 31.9. The van der Waals surface area contributed by atoms with Crippen LogP contribution in [0.1, 0.15) is 31.0 Å². The first-order valence-corrected chi connectivity index (χ1v) is 14.2. The fourth-order valence-corrected chi connectivity index (χ4v) is 5.95. The molecule has 0 amide bonds. The van der Waals surface area contributed by atoms with Crippen molar-refractivity contribution < 1.29 is 14.3 Å². The van der Waals surface area contributed by atoms with Gasteiger partial charge in [0.2, 0.25) is 0 Å². The molecule has 1 unspecified atom stereocenters. The maximum absolute atomic E-state index is 13.8. The number of carbonyl (C=O) groups is 1. The van der Waals surface area contributed by atoms with Gasteiger partial charge in [-0.15, -0.1) is 5.10 Å². The maximum atomic E-state index is 13.8. The molecule has 1 atom stereocenters. The van der Waals surface area contributed by atoms with Crippen molar-refractivity contribution in [2.75, 3.05) is 13.7 Å². The molecule has 10 heteroatoms. The van der Waals surface area contributed by atoms with E-state index >= 15 is 0 Å². The standard InChI is InChI=1S/C32H27N5O4S/c1-4-41-31(39)28-20(2)33-32-37(29(28)23-8-6-5-7-9-23)30(38)27(42-32)18-21-10-14-24(15-11-21)36-19-26(34-35-36)22-12-16-25(40-3)17-13-22/h5-19,29H,4H2,1-3H3/b27-18-. The first-order chi connectivity index (χ1) is 20.5. The van der Waals surface area contributed by atoms with Crippen LogP contribution in [0.15, 0.2) is 106 Å². The van der Waals surface area contributed by atoms with E-state index in [9.17, 15) is 9.59 Å². The number of fused-ring (bicyclic) bond motifs is 1. The zero-order chi connectivity index (χ0) is 29.2. The summed E-state index contributed by atoms with van der Waals surface area (Å²) in [7, 11) is 1.63. The SMILES string of the molecule is CCOC(=O)C1=C(C)N=c2s/c(=C\c3ccc(-n4cc(-c5ccc(OC)cc5)nn4)cc3)c(=O)n2C1c1ccccc1. The molecule has 0 saturated heterocycles. The van der Waals surface area contributed by atoms with E-state index in [0.717, 1.165) is 33.8 Å². The highest BCUT2D eigenvalue weighted by atomic mass is 32.1. The summed E-state index contributed by atoms with van der Waals surface area (Å²) >= 11 is 1.30. The largest absolute Gasteiger partial charge is 0.497 e. The molecule has 42 heavy (non-hydrogen) atoms. The zero-order valence-corrected chi connectivity index (χ0v) is 24.0. The van der Waals surface area contributed by atoms with Crippen molar-refractivity contribution in [3.05, 3.63) is 127 Å². The Kier molecular flexibility index (Phi) is 7.37. The van der Waals surface area contributed by atoms with Gasteiger partial charge in [0.25, 0.3) is 5.56 Å². The Morgan fingerprint density at radius 3 is 2.45 bits per heavy atom. The fourth-order valence-electron chi connectivity index (χ4n) is 4.90. The van der Waals surface area contributed by atoms with Gasteiger partial charge >= 0.3 is 5.97 Å². The third kappa shape index (κ3) is 5.08. The van der Waals surface area contributed by atoms with E-state index in [1.807, 2.05) is 91.1 Å². The molecule has 2 aromatic heterocycles. The molecule has 3 aromatic carbocycles. The van der Waals surface area contributed by atoms with Crippen LogP contribution in [0, 0.1) is 0 Å². The van der Waals surface area contributed by atoms with Crippen LogP contribution in [0.3, 0.4) is 0 Å². The average molecular weight is 578 g/mol. The second-order valence-electron chi connectivity index (χ2n) is 9.58. The molecule has 0 radical (unpaired) electrons. The van der Waals surface area contributed by atoms with Crippen LogP contribution < -0.4 is 19.6 Å². The normalized spacial score (nSPS) is 14.8. The van der Waals surface area contributed by atoms with E-state index in [1.165, 1.54) is 11.3 Å². The van der Waals surface area contributed by atoms with Gasteiger partial charge in [0, 0.05) is 5.56 Å². The van der Waals surface area contributed by atoms with Gasteiger partial charge in [0.05, 0.1) is 47.4 Å². The second kappa shape index (κ2) is 11.4. The Morgan fingerprint density at radius 1 is 1.02 bits per heavy atom. The molecule has 0 spiro atoms. The van der Waals surface area contributed by atoms with E-state index in [0.29, 0.717) is 20.6 Å². The van der Waals surface area contributed by atoms with Crippen LogP contribution in [-0.2, 0) is 9.53 Å². The second-order valence-corrected chi connectivity index (χ2v) is 10.6. The number of ether oxygens (including phenoxy) is 2. The summed E-state index contributed by atoms with van der Waals surface area (Å²) in [5, 5.41) is 8.58. The van der Waals surface area contributed by atoms with Crippen molar-refractivity contribution in [2.24, 2.45) is 4.99 Å². The lowest BCUT2D eigenvalue weighted by Crippen LogP contribution is -2.39. The monoisotopic (exact) mass is 577 g/mol. The van der Waals surface area contributed by atoms with Crippen LogP contribution in [-0.4, -0.2) is 39.2 Å². The highest BCUT2D eigenvalue weighted by Gasteiger charge is 2.33. The van der Waals surface area contributed by atoms with E-state index in [2.05, 4.69) is 15.3 Å². The highest BCUT2D eigenvalue weighted by molar-refractivity contribution is 7.07. The smallest absolute Gasteiger partial charge is 0.338 e. The molecular formula is C32H27N5O4S. The third-order valence-corrected chi connectivity index (χ3v) is 7.95. The Hall–Kier alpha value is -5.09. The summed E-state index contributed by atoms with van der Waals surface area (Å²) in [6.45, 7) is 3.77. The van der Waals surface area contributed by atoms with Gasteiger partial charge in [-0.05, 0) is 67.4 Å². The van der Waals surface area contributed by atoms with Crippen LogP contribution in [0.5, 0.6) is 5.75 Å². The number of methoxy groups -OCH3 is 1. The first kappa shape index (κ1) is 27.1. The highest BCUT2D eigenvalue weighted by Crippen LogP contribution is 2.30. The molecule has 1 aliphatic rings. The number of thiazole rings is 1. The molecule has 0 bridgehead atoms. The average Bonchev–Trinajstić information content (AvgIpc) is 3.62. The number of benzene rings is 3. The minimum Gasteiger partial charge on any atom is -0.497 e. The number of aromatic nitrogens is 4. The molecule has 3 heterocycles. The van der Waals surface area contributed by atoms with E-state index in [4.69, 9.17) is 9.47 Å². The number of nitrogens with zero attached hydrogens (tertiary/aromatic N) is 5. The lowest BCUT2D eigenvalue weighted by Gasteiger charge is -2.24. The van der Waals surface area contributed by atoms with Crippen LogP contribution in [0.2, 0.25) is 0 Å². The molecule has 0 N–H and O–H groups in total. The number of hydrogen-bond acceptors (Lipinski definition) is 8. The summed E-state index contributed by atoms with van der Waals surface area (Å²) in [6.07, 6.45) is 3.70. The quantitative estimate of drug-likeness (QED) is 0.271. The summed E-state index contributed by atoms with van der Waals surface area (Å²) < 4.78 is 14.4.